The van der Waals surface area contributed by atoms with Crippen LogP contribution in [0.2, 0.25) is 0 Å². The van der Waals surface area contributed by atoms with Gasteiger partial charge in [-0.05, 0) is 68.3 Å². The molecule has 0 spiro atoms. The van der Waals surface area contributed by atoms with Gasteiger partial charge in [-0.25, -0.2) is 4.98 Å². The first-order chi connectivity index (χ1) is 14.4. The van der Waals surface area contributed by atoms with Crippen LogP contribution in [0.4, 0.5) is 0 Å². The third kappa shape index (κ3) is 3.38. The normalized spacial score (nSPS) is 11.6. The fourth-order valence-electron chi connectivity index (χ4n) is 3.67. The summed E-state index contributed by atoms with van der Waals surface area (Å²) in [4.78, 5) is 17.8. The first-order valence-electron chi connectivity index (χ1n) is 9.46. The van der Waals surface area contributed by atoms with Gasteiger partial charge in [-0.1, -0.05) is 40.2 Å². The average Bonchev–Trinajstić information content (AvgIpc) is 3.00. The van der Waals surface area contributed by atoms with Crippen molar-refractivity contribution >= 4 is 38.5 Å². The van der Waals surface area contributed by atoms with Gasteiger partial charge >= 0.3 is 0 Å². The lowest BCUT2D eigenvalue weighted by Gasteiger charge is -2.16. The number of nitriles is 1. The Labute approximate surface area is 182 Å². The van der Waals surface area contributed by atoms with E-state index in [1.807, 2.05) is 80.1 Å². The molecule has 0 bridgehead atoms. The Balaban J connectivity index is 1.90. The molecule has 6 heteroatoms. The van der Waals surface area contributed by atoms with Gasteiger partial charge in [-0.3, -0.25) is 9.47 Å². The standard InChI is InChI=1S/C24H19BrN4O/c1-15-12-19(13-20(14-26)18-8-10-21(25)11-9-18)16(2)28(15)29-17(3)27-23-7-5-4-6-22(23)24(29)30/h4-13H,1-3H3. The summed E-state index contributed by atoms with van der Waals surface area (Å²) in [6, 6.07) is 19.2. The lowest BCUT2D eigenvalue weighted by molar-refractivity contribution is 0.573. The van der Waals surface area contributed by atoms with Crippen molar-refractivity contribution in [3.05, 3.63) is 97.8 Å². The second kappa shape index (κ2) is 7.77. The molecule has 0 aliphatic heterocycles. The van der Waals surface area contributed by atoms with E-state index in [4.69, 9.17) is 0 Å². The maximum Gasteiger partial charge on any atom is 0.280 e. The Morgan fingerprint density at radius 2 is 1.77 bits per heavy atom. The van der Waals surface area contributed by atoms with E-state index in [0.717, 1.165) is 27.0 Å². The van der Waals surface area contributed by atoms with Crippen LogP contribution in [0.3, 0.4) is 0 Å². The highest BCUT2D eigenvalue weighted by Gasteiger charge is 2.15. The summed E-state index contributed by atoms with van der Waals surface area (Å²) in [6.07, 6.45) is 1.86. The molecule has 2 aromatic carbocycles. The lowest BCUT2D eigenvalue weighted by atomic mass is 10.0. The Kier molecular flexibility index (Phi) is 5.15. The minimum atomic E-state index is -0.121. The van der Waals surface area contributed by atoms with Gasteiger partial charge in [-0.2, -0.15) is 9.94 Å². The van der Waals surface area contributed by atoms with Crippen LogP contribution in [0.5, 0.6) is 0 Å². The number of halogens is 1. The van der Waals surface area contributed by atoms with Crippen molar-refractivity contribution in [3.63, 3.8) is 0 Å². The predicted octanol–water partition coefficient (Wildman–Crippen LogP) is 5.26. The van der Waals surface area contributed by atoms with Gasteiger partial charge in [0.25, 0.3) is 5.56 Å². The number of rotatable bonds is 3. The van der Waals surface area contributed by atoms with Gasteiger partial charge in [0.05, 0.1) is 22.5 Å². The van der Waals surface area contributed by atoms with Crippen LogP contribution in [0.25, 0.3) is 22.6 Å². The number of aromatic nitrogens is 3. The van der Waals surface area contributed by atoms with Crippen molar-refractivity contribution in [3.8, 4) is 6.07 Å². The monoisotopic (exact) mass is 458 g/mol. The number of nitrogens with zero attached hydrogens (tertiary/aromatic N) is 4. The molecule has 0 saturated heterocycles. The maximum atomic E-state index is 13.2. The largest absolute Gasteiger partial charge is 0.280 e. The maximum absolute atomic E-state index is 13.2. The molecule has 5 nitrogen and oxygen atoms in total. The quantitative estimate of drug-likeness (QED) is 0.393. The highest BCUT2D eigenvalue weighted by atomic mass is 79.9. The lowest BCUT2D eigenvalue weighted by Crippen LogP contribution is -2.30. The molecular weight excluding hydrogens is 440 g/mol. The zero-order valence-electron chi connectivity index (χ0n) is 16.8. The summed E-state index contributed by atoms with van der Waals surface area (Å²) in [5.74, 6) is 0.601. The van der Waals surface area contributed by atoms with Crippen molar-refractivity contribution in [2.45, 2.75) is 20.8 Å². The van der Waals surface area contributed by atoms with Gasteiger partial charge in [0.15, 0.2) is 0 Å². The van der Waals surface area contributed by atoms with Crippen molar-refractivity contribution in [2.75, 3.05) is 0 Å². The van der Waals surface area contributed by atoms with Crippen LogP contribution < -0.4 is 5.56 Å². The zero-order valence-corrected chi connectivity index (χ0v) is 18.4. The van der Waals surface area contributed by atoms with E-state index >= 15 is 0 Å². The molecule has 30 heavy (non-hydrogen) atoms. The van der Waals surface area contributed by atoms with Crippen molar-refractivity contribution in [1.82, 2.24) is 14.3 Å². The van der Waals surface area contributed by atoms with Gasteiger partial charge in [0, 0.05) is 15.9 Å². The number of para-hydroxylation sites is 1. The summed E-state index contributed by atoms with van der Waals surface area (Å²) in [5, 5.41) is 10.3. The van der Waals surface area contributed by atoms with E-state index in [0.29, 0.717) is 22.3 Å². The highest BCUT2D eigenvalue weighted by Crippen LogP contribution is 2.24. The summed E-state index contributed by atoms with van der Waals surface area (Å²) >= 11 is 3.42. The van der Waals surface area contributed by atoms with E-state index in [9.17, 15) is 10.1 Å². The van der Waals surface area contributed by atoms with E-state index in [2.05, 4.69) is 27.0 Å². The molecule has 0 aliphatic carbocycles. The van der Waals surface area contributed by atoms with Crippen molar-refractivity contribution in [1.29, 1.82) is 5.26 Å². The molecule has 0 radical (unpaired) electrons. The van der Waals surface area contributed by atoms with E-state index in [1.165, 1.54) is 0 Å². The van der Waals surface area contributed by atoms with Crippen LogP contribution in [-0.4, -0.2) is 14.3 Å². The van der Waals surface area contributed by atoms with Crippen LogP contribution in [0.15, 0.2) is 63.9 Å². The minimum absolute atomic E-state index is 0.121. The molecule has 0 fully saturated rings. The Morgan fingerprint density at radius 1 is 1.07 bits per heavy atom. The van der Waals surface area contributed by atoms with Crippen LogP contribution in [-0.2, 0) is 0 Å². The molecule has 4 rings (SSSR count). The second-order valence-electron chi connectivity index (χ2n) is 7.11. The number of fused-ring (bicyclic) bond motifs is 1. The fraction of sp³-hybridized carbons (Fsp3) is 0.125. The Bertz CT molecular complexity index is 1400. The summed E-state index contributed by atoms with van der Waals surface area (Å²) in [5.41, 5.74) is 4.58. The number of aryl methyl sites for hydroxylation is 2. The van der Waals surface area contributed by atoms with Crippen molar-refractivity contribution in [2.24, 2.45) is 0 Å². The molecule has 0 N–H and O–H groups in total. The summed E-state index contributed by atoms with van der Waals surface area (Å²) in [6.45, 7) is 5.71. The molecule has 0 amide bonds. The molecule has 0 atom stereocenters. The molecule has 4 aromatic rings. The second-order valence-corrected chi connectivity index (χ2v) is 8.02. The third-order valence-electron chi connectivity index (χ3n) is 5.13. The first kappa shape index (κ1) is 19.9. The minimum Gasteiger partial charge on any atom is -0.267 e. The smallest absolute Gasteiger partial charge is 0.267 e. The molecule has 2 aromatic heterocycles. The van der Waals surface area contributed by atoms with Gasteiger partial charge in [-0.15, -0.1) is 0 Å². The molecular formula is C24H19BrN4O. The van der Waals surface area contributed by atoms with Crippen LogP contribution in [0.1, 0.15) is 28.3 Å². The average molecular weight is 459 g/mol. The number of benzene rings is 2. The zero-order chi connectivity index (χ0) is 21.4. The molecule has 0 aliphatic rings. The van der Waals surface area contributed by atoms with E-state index in [-0.39, 0.29) is 5.56 Å². The summed E-state index contributed by atoms with van der Waals surface area (Å²) in [7, 11) is 0. The van der Waals surface area contributed by atoms with Gasteiger partial charge in [0.1, 0.15) is 5.82 Å². The first-order valence-corrected chi connectivity index (χ1v) is 10.3. The molecule has 0 saturated carbocycles. The Morgan fingerprint density at radius 3 is 2.47 bits per heavy atom. The highest BCUT2D eigenvalue weighted by molar-refractivity contribution is 9.10. The van der Waals surface area contributed by atoms with Crippen LogP contribution >= 0.6 is 15.9 Å². The Hall–Kier alpha value is -3.43. The SMILES string of the molecule is Cc1cc(C=C(C#N)c2ccc(Br)cc2)c(C)n1-n1c(C)nc2ccccc2c1=O. The van der Waals surface area contributed by atoms with Gasteiger partial charge < -0.3 is 0 Å². The van der Waals surface area contributed by atoms with E-state index in [1.54, 1.807) is 10.7 Å². The predicted molar refractivity (Wildman–Crippen MR) is 123 cm³/mol. The van der Waals surface area contributed by atoms with Gasteiger partial charge in [0.2, 0.25) is 0 Å². The molecule has 148 valence electrons. The number of allylic oxidation sites excluding steroid dienone is 1. The van der Waals surface area contributed by atoms with E-state index < -0.39 is 0 Å². The number of hydrogen-bond acceptors (Lipinski definition) is 3. The van der Waals surface area contributed by atoms with Crippen molar-refractivity contribution < 1.29 is 0 Å². The third-order valence-corrected chi connectivity index (χ3v) is 5.65. The molecule has 0 unspecified atom stereocenters. The summed E-state index contributed by atoms with van der Waals surface area (Å²) < 4.78 is 4.41. The fourth-order valence-corrected chi connectivity index (χ4v) is 3.93. The topological polar surface area (TPSA) is 63.6 Å². The molecule has 2 heterocycles. The number of hydrogen-bond donors (Lipinski definition) is 0. The van der Waals surface area contributed by atoms with Crippen LogP contribution in [0, 0.1) is 32.1 Å².